The number of rotatable bonds is 8. The van der Waals surface area contributed by atoms with E-state index in [0.717, 1.165) is 25.9 Å². The summed E-state index contributed by atoms with van der Waals surface area (Å²) in [7, 11) is 0. The molecule has 0 aliphatic carbocycles. The molecule has 1 aliphatic heterocycles. The maximum atomic E-state index is 11.9. The van der Waals surface area contributed by atoms with E-state index >= 15 is 0 Å². The Balaban J connectivity index is 1.42. The summed E-state index contributed by atoms with van der Waals surface area (Å²) in [6, 6.07) is 1.76. The number of amides is 1. The molecule has 0 unspecified atom stereocenters. The second kappa shape index (κ2) is 8.02. The van der Waals surface area contributed by atoms with E-state index < -0.39 is 0 Å². The third-order valence-electron chi connectivity index (χ3n) is 3.77. The average molecular weight is 348 g/mol. The highest BCUT2D eigenvalue weighted by atomic mass is 32.1. The Kier molecular flexibility index (Phi) is 5.55. The summed E-state index contributed by atoms with van der Waals surface area (Å²) in [6.07, 6.45) is 6.50. The summed E-state index contributed by atoms with van der Waals surface area (Å²) in [6.45, 7) is 4.01. The van der Waals surface area contributed by atoms with Gasteiger partial charge in [-0.1, -0.05) is 11.3 Å². The van der Waals surface area contributed by atoms with Crippen LogP contribution in [0.2, 0.25) is 0 Å². The number of thiazole rings is 1. The van der Waals surface area contributed by atoms with Gasteiger partial charge in [0.1, 0.15) is 6.54 Å². The number of aldehydes is 1. The molecule has 3 rings (SSSR count). The lowest BCUT2D eigenvalue weighted by molar-refractivity contribution is -0.121. The zero-order valence-electron chi connectivity index (χ0n) is 13.3. The number of nitrogens with zero attached hydrogens (tertiary/aromatic N) is 4. The number of carbonyl (C=O) groups excluding carboxylic acids is 2. The predicted octanol–water partition coefficient (Wildman–Crippen LogP) is 1.11. The quantitative estimate of drug-likeness (QED) is 0.694. The number of hydrogen-bond donors (Lipinski definition) is 2. The van der Waals surface area contributed by atoms with Crippen molar-refractivity contribution in [2.45, 2.75) is 19.4 Å². The van der Waals surface area contributed by atoms with Crippen molar-refractivity contribution in [1.29, 1.82) is 0 Å². The van der Waals surface area contributed by atoms with E-state index in [0.29, 0.717) is 22.4 Å². The topological polar surface area (TPSA) is 92.1 Å². The van der Waals surface area contributed by atoms with Gasteiger partial charge in [-0.3, -0.25) is 14.3 Å². The van der Waals surface area contributed by atoms with E-state index in [1.54, 1.807) is 16.9 Å². The Morgan fingerprint density at radius 2 is 2.21 bits per heavy atom. The highest BCUT2D eigenvalue weighted by Gasteiger charge is 2.11. The Morgan fingerprint density at radius 3 is 2.96 bits per heavy atom. The van der Waals surface area contributed by atoms with Gasteiger partial charge in [0.15, 0.2) is 17.2 Å². The molecule has 3 heterocycles. The molecule has 0 atom stereocenters. The molecule has 0 spiro atoms. The van der Waals surface area contributed by atoms with Gasteiger partial charge < -0.3 is 15.5 Å². The lowest BCUT2D eigenvalue weighted by atomic mass is 10.4. The first-order chi connectivity index (χ1) is 11.7. The minimum atomic E-state index is -0.0543. The van der Waals surface area contributed by atoms with Crippen LogP contribution in [0.15, 0.2) is 18.5 Å². The fraction of sp³-hybridized carbons (Fsp3) is 0.467. The van der Waals surface area contributed by atoms with E-state index in [2.05, 4.69) is 25.6 Å². The SMILES string of the molecule is O=Cc1cnc(Nc2ccn(CC(=O)NCCN3CCCC3)n2)s1. The Morgan fingerprint density at radius 1 is 1.38 bits per heavy atom. The van der Waals surface area contributed by atoms with Crippen molar-refractivity contribution in [3.05, 3.63) is 23.3 Å². The maximum Gasteiger partial charge on any atom is 0.241 e. The van der Waals surface area contributed by atoms with Crippen molar-refractivity contribution in [3.63, 3.8) is 0 Å². The van der Waals surface area contributed by atoms with Crippen LogP contribution in [0.25, 0.3) is 0 Å². The number of carbonyl (C=O) groups is 2. The van der Waals surface area contributed by atoms with Crippen molar-refractivity contribution < 1.29 is 9.59 Å². The molecule has 0 aromatic carbocycles. The van der Waals surface area contributed by atoms with Crippen molar-refractivity contribution in [3.8, 4) is 0 Å². The molecule has 2 N–H and O–H groups in total. The summed E-state index contributed by atoms with van der Waals surface area (Å²) in [4.78, 5) is 29.6. The van der Waals surface area contributed by atoms with Gasteiger partial charge in [0.25, 0.3) is 0 Å². The molecule has 8 nitrogen and oxygen atoms in total. The summed E-state index contributed by atoms with van der Waals surface area (Å²) < 4.78 is 1.57. The van der Waals surface area contributed by atoms with Crippen molar-refractivity contribution >= 4 is 34.5 Å². The molecule has 1 amide bonds. The van der Waals surface area contributed by atoms with Crippen LogP contribution in [-0.2, 0) is 11.3 Å². The lowest BCUT2D eigenvalue weighted by Gasteiger charge is -2.14. The molecule has 1 aliphatic rings. The van der Waals surface area contributed by atoms with Crippen LogP contribution >= 0.6 is 11.3 Å². The van der Waals surface area contributed by atoms with Gasteiger partial charge in [0.05, 0.1) is 11.1 Å². The summed E-state index contributed by atoms with van der Waals surface area (Å²) in [5.74, 6) is 0.535. The van der Waals surface area contributed by atoms with Crippen LogP contribution in [-0.4, -0.2) is 58.0 Å². The molecule has 0 radical (unpaired) electrons. The first kappa shape index (κ1) is 16.6. The minimum absolute atomic E-state index is 0.0543. The molecule has 9 heteroatoms. The predicted molar refractivity (Wildman–Crippen MR) is 91.7 cm³/mol. The van der Waals surface area contributed by atoms with Crippen LogP contribution in [0, 0.1) is 0 Å². The standard InChI is InChI=1S/C15H20N6O2S/c22-11-12-9-17-15(24-12)18-13-3-7-21(19-13)10-14(23)16-4-8-20-5-1-2-6-20/h3,7,9,11H,1-2,4-6,8,10H2,(H,16,23)(H,17,18,19). The van der Waals surface area contributed by atoms with Crippen molar-refractivity contribution in [2.75, 3.05) is 31.5 Å². The van der Waals surface area contributed by atoms with Crippen LogP contribution < -0.4 is 10.6 Å². The zero-order chi connectivity index (χ0) is 16.8. The Hall–Kier alpha value is -2.26. The number of aromatic nitrogens is 3. The minimum Gasteiger partial charge on any atom is -0.353 e. The molecule has 1 fully saturated rings. The molecular formula is C15H20N6O2S. The van der Waals surface area contributed by atoms with Crippen molar-refractivity contribution in [2.24, 2.45) is 0 Å². The molecule has 0 bridgehead atoms. The Bertz CT molecular complexity index is 692. The van der Waals surface area contributed by atoms with Crippen molar-refractivity contribution in [1.82, 2.24) is 25.0 Å². The summed E-state index contributed by atoms with van der Waals surface area (Å²) in [5.41, 5.74) is 0. The summed E-state index contributed by atoms with van der Waals surface area (Å²) >= 11 is 1.25. The molecule has 1 saturated heterocycles. The molecule has 2 aromatic heterocycles. The van der Waals surface area contributed by atoms with E-state index in [1.165, 1.54) is 30.4 Å². The van der Waals surface area contributed by atoms with Crippen LogP contribution in [0.1, 0.15) is 22.5 Å². The Labute approximate surface area is 143 Å². The zero-order valence-corrected chi connectivity index (χ0v) is 14.1. The molecule has 2 aromatic rings. The monoisotopic (exact) mass is 348 g/mol. The normalized spacial score (nSPS) is 14.7. The third-order valence-corrected chi connectivity index (χ3v) is 4.61. The number of anilines is 2. The van der Waals surface area contributed by atoms with Gasteiger partial charge in [-0.15, -0.1) is 0 Å². The van der Waals surface area contributed by atoms with Gasteiger partial charge in [-0.25, -0.2) is 4.98 Å². The number of hydrogen-bond acceptors (Lipinski definition) is 7. The number of nitrogens with one attached hydrogen (secondary N) is 2. The second-order valence-electron chi connectivity index (χ2n) is 5.61. The average Bonchev–Trinajstić information content (AvgIpc) is 3.30. The first-order valence-corrected chi connectivity index (χ1v) is 8.75. The van der Waals surface area contributed by atoms with Gasteiger partial charge in [-0.2, -0.15) is 5.10 Å². The molecular weight excluding hydrogens is 328 g/mol. The number of likely N-dealkylation sites (tertiary alicyclic amines) is 1. The maximum absolute atomic E-state index is 11.9. The van der Waals surface area contributed by atoms with Gasteiger partial charge in [0, 0.05) is 25.4 Å². The lowest BCUT2D eigenvalue weighted by Crippen LogP contribution is -2.35. The second-order valence-corrected chi connectivity index (χ2v) is 6.67. The van der Waals surface area contributed by atoms with E-state index in [1.807, 2.05) is 0 Å². The van der Waals surface area contributed by atoms with E-state index in [4.69, 9.17) is 0 Å². The first-order valence-electron chi connectivity index (χ1n) is 7.93. The highest BCUT2D eigenvalue weighted by molar-refractivity contribution is 7.17. The fourth-order valence-corrected chi connectivity index (χ4v) is 3.23. The van der Waals surface area contributed by atoms with Gasteiger partial charge >= 0.3 is 0 Å². The van der Waals surface area contributed by atoms with E-state index in [9.17, 15) is 9.59 Å². The van der Waals surface area contributed by atoms with Gasteiger partial charge in [0.2, 0.25) is 5.91 Å². The highest BCUT2D eigenvalue weighted by Crippen LogP contribution is 2.20. The molecule has 128 valence electrons. The third kappa shape index (κ3) is 4.62. The fourth-order valence-electron chi connectivity index (χ4n) is 2.59. The van der Waals surface area contributed by atoms with Crippen LogP contribution in [0.3, 0.4) is 0 Å². The largest absolute Gasteiger partial charge is 0.353 e. The van der Waals surface area contributed by atoms with Crippen LogP contribution in [0.5, 0.6) is 0 Å². The summed E-state index contributed by atoms with van der Waals surface area (Å²) in [5, 5.41) is 10.8. The van der Waals surface area contributed by atoms with E-state index in [-0.39, 0.29) is 12.5 Å². The molecule has 0 saturated carbocycles. The smallest absolute Gasteiger partial charge is 0.241 e. The molecule has 24 heavy (non-hydrogen) atoms. The van der Waals surface area contributed by atoms with Gasteiger partial charge in [-0.05, 0) is 25.9 Å². The van der Waals surface area contributed by atoms with Crippen LogP contribution in [0.4, 0.5) is 10.9 Å².